The largest absolute Gasteiger partial charge is 0.465 e. The molecule has 0 aliphatic carbocycles. The Balaban J connectivity index is 2.48. The average molecular weight is 278 g/mol. The number of methoxy groups -OCH3 is 1. The molecule has 1 atom stereocenters. The zero-order valence-corrected chi connectivity index (χ0v) is 12.8. The number of carbonyl (C=O) groups excluding carboxylic acids is 1. The van der Waals surface area contributed by atoms with Gasteiger partial charge in [0.05, 0.1) is 18.4 Å². The van der Waals surface area contributed by atoms with E-state index in [0.717, 1.165) is 12.2 Å². The van der Waals surface area contributed by atoms with Crippen LogP contribution >= 0.6 is 0 Å². The molecule has 1 unspecified atom stereocenters. The molecule has 1 aromatic rings. The number of ether oxygens (including phenoxy) is 1. The molecule has 0 aliphatic rings. The van der Waals surface area contributed by atoms with Crippen LogP contribution in [0.3, 0.4) is 0 Å². The zero-order chi connectivity index (χ0) is 14.8. The van der Waals surface area contributed by atoms with E-state index in [2.05, 4.69) is 28.9 Å². The minimum absolute atomic E-state index is 0.344. The SMILES string of the molecule is CCCCC(CCC)NCc1ccc(C(=O)OC)cn1. The summed E-state index contributed by atoms with van der Waals surface area (Å²) in [7, 11) is 1.38. The molecule has 4 nitrogen and oxygen atoms in total. The Morgan fingerprint density at radius 1 is 1.30 bits per heavy atom. The van der Waals surface area contributed by atoms with Crippen LogP contribution in [0.5, 0.6) is 0 Å². The highest BCUT2D eigenvalue weighted by Crippen LogP contribution is 2.08. The zero-order valence-electron chi connectivity index (χ0n) is 12.8. The number of pyridine rings is 1. The van der Waals surface area contributed by atoms with Gasteiger partial charge in [0.2, 0.25) is 0 Å². The van der Waals surface area contributed by atoms with Gasteiger partial charge in [-0.05, 0) is 25.0 Å². The summed E-state index contributed by atoms with van der Waals surface area (Å²) in [5.41, 5.74) is 1.45. The molecule has 4 heteroatoms. The molecule has 112 valence electrons. The molecule has 0 fully saturated rings. The number of unbranched alkanes of at least 4 members (excludes halogenated alkanes) is 1. The normalized spacial score (nSPS) is 12.2. The summed E-state index contributed by atoms with van der Waals surface area (Å²) >= 11 is 0. The van der Waals surface area contributed by atoms with Crippen LogP contribution in [0.4, 0.5) is 0 Å². The summed E-state index contributed by atoms with van der Waals surface area (Å²) in [4.78, 5) is 15.6. The first kappa shape index (κ1) is 16.6. The van der Waals surface area contributed by atoms with Gasteiger partial charge in [0.15, 0.2) is 0 Å². The standard InChI is InChI=1S/C16H26N2O2/c1-4-6-8-14(7-5-2)18-12-15-10-9-13(11-17-15)16(19)20-3/h9-11,14,18H,4-8,12H2,1-3H3. The van der Waals surface area contributed by atoms with E-state index < -0.39 is 0 Å². The molecule has 1 N–H and O–H groups in total. The van der Waals surface area contributed by atoms with Crippen LogP contribution in [0, 0.1) is 0 Å². The predicted octanol–water partition coefficient (Wildman–Crippen LogP) is 3.32. The lowest BCUT2D eigenvalue weighted by molar-refractivity contribution is 0.0600. The number of nitrogens with zero attached hydrogens (tertiary/aromatic N) is 1. The quantitative estimate of drug-likeness (QED) is 0.704. The van der Waals surface area contributed by atoms with Gasteiger partial charge in [0.25, 0.3) is 0 Å². The fourth-order valence-corrected chi connectivity index (χ4v) is 2.16. The van der Waals surface area contributed by atoms with E-state index in [1.54, 1.807) is 12.3 Å². The summed E-state index contributed by atoms with van der Waals surface area (Å²) in [6, 6.07) is 4.20. The Morgan fingerprint density at radius 2 is 2.10 bits per heavy atom. The van der Waals surface area contributed by atoms with Crippen LogP contribution in [-0.2, 0) is 11.3 Å². The fraction of sp³-hybridized carbons (Fsp3) is 0.625. The number of rotatable bonds is 9. The van der Waals surface area contributed by atoms with Gasteiger partial charge in [-0.15, -0.1) is 0 Å². The molecule has 20 heavy (non-hydrogen) atoms. The van der Waals surface area contributed by atoms with Gasteiger partial charge >= 0.3 is 5.97 Å². The first-order valence-corrected chi connectivity index (χ1v) is 7.47. The van der Waals surface area contributed by atoms with Crippen LogP contribution < -0.4 is 5.32 Å². The number of esters is 1. The van der Waals surface area contributed by atoms with Gasteiger partial charge in [-0.25, -0.2) is 4.79 Å². The molecule has 0 saturated carbocycles. The molecule has 0 amide bonds. The van der Waals surface area contributed by atoms with Crippen molar-refractivity contribution in [3.63, 3.8) is 0 Å². The molecular weight excluding hydrogens is 252 g/mol. The number of carbonyl (C=O) groups is 1. The lowest BCUT2D eigenvalue weighted by Gasteiger charge is -2.17. The van der Waals surface area contributed by atoms with Crippen LogP contribution in [-0.4, -0.2) is 24.1 Å². The van der Waals surface area contributed by atoms with Gasteiger partial charge in [0, 0.05) is 18.8 Å². The van der Waals surface area contributed by atoms with E-state index >= 15 is 0 Å². The molecule has 1 rings (SSSR count). The summed E-state index contributed by atoms with van der Waals surface area (Å²) in [6.07, 6.45) is 7.66. The third-order valence-corrected chi connectivity index (χ3v) is 3.36. The number of nitrogens with one attached hydrogen (secondary N) is 1. The molecule has 0 spiro atoms. The third-order valence-electron chi connectivity index (χ3n) is 3.36. The lowest BCUT2D eigenvalue weighted by Crippen LogP contribution is -2.28. The molecule has 1 heterocycles. The first-order chi connectivity index (χ1) is 9.71. The van der Waals surface area contributed by atoms with Crippen molar-refractivity contribution >= 4 is 5.97 Å². The van der Waals surface area contributed by atoms with Crippen molar-refractivity contribution in [3.8, 4) is 0 Å². The highest BCUT2D eigenvalue weighted by atomic mass is 16.5. The molecule has 0 saturated heterocycles. The molecule has 0 bridgehead atoms. The highest BCUT2D eigenvalue weighted by Gasteiger charge is 2.08. The Kier molecular flexibility index (Phi) is 7.88. The van der Waals surface area contributed by atoms with Crippen molar-refractivity contribution in [3.05, 3.63) is 29.6 Å². The predicted molar refractivity (Wildman–Crippen MR) is 80.6 cm³/mol. The number of hydrogen-bond donors (Lipinski definition) is 1. The summed E-state index contributed by atoms with van der Waals surface area (Å²) < 4.78 is 4.66. The van der Waals surface area contributed by atoms with Crippen molar-refractivity contribution in [2.45, 2.75) is 58.5 Å². The fourth-order valence-electron chi connectivity index (χ4n) is 2.16. The first-order valence-electron chi connectivity index (χ1n) is 7.47. The Hall–Kier alpha value is -1.42. The van der Waals surface area contributed by atoms with E-state index in [1.807, 2.05) is 6.07 Å². The minimum atomic E-state index is -0.344. The van der Waals surface area contributed by atoms with Crippen molar-refractivity contribution in [2.24, 2.45) is 0 Å². The number of hydrogen-bond acceptors (Lipinski definition) is 4. The highest BCUT2D eigenvalue weighted by molar-refractivity contribution is 5.88. The van der Waals surface area contributed by atoms with Crippen LogP contribution in [0.2, 0.25) is 0 Å². The van der Waals surface area contributed by atoms with E-state index in [1.165, 1.54) is 39.2 Å². The average Bonchev–Trinajstić information content (AvgIpc) is 2.49. The lowest BCUT2D eigenvalue weighted by atomic mass is 10.1. The van der Waals surface area contributed by atoms with E-state index in [0.29, 0.717) is 11.6 Å². The maximum Gasteiger partial charge on any atom is 0.339 e. The second kappa shape index (κ2) is 9.48. The van der Waals surface area contributed by atoms with E-state index in [-0.39, 0.29) is 5.97 Å². The van der Waals surface area contributed by atoms with E-state index in [4.69, 9.17) is 0 Å². The molecular formula is C16H26N2O2. The van der Waals surface area contributed by atoms with Gasteiger partial charge in [0.1, 0.15) is 0 Å². The molecule has 0 aromatic carbocycles. The summed E-state index contributed by atoms with van der Waals surface area (Å²) in [6.45, 7) is 5.18. The van der Waals surface area contributed by atoms with E-state index in [9.17, 15) is 4.79 Å². The summed E-state index contributed by atoms with van der Waals surface area (Å²) in [5.74, 6) is -0.344. The smallest absolute Gasteiger partial charge is 0.339 e. The third kappa shape index (κ3) is 5.70. The summed E-state index contributed by atoms with van der Waals surface area (Å²) in [5, 5.41) is 3.56. The van der Waals surface area contributed by atoms with Crippen LogP contribution in [0.15, 0.2) is 18.3 Å². The van der Waals surface area contributed by atoms with Gasteiger partial charge in [-0.2, -0.15) is 0 Å². The Bertz CT molecular complexity index is 390. The second-order valence-corrected chi connectivity index (χ2v) is 5.04. The van der Waals surface area contributed by atoms with Crippen LogP contribution in [0.25, 0.3) is 0 Å². The van der Waals surface area contributed by atoms with Crippen LogP contribution in [0.1, 0.15) is 62.0 Å². The van der Waals surface area contributed by atoms with Gasteiger partial charge < -0.3 is 10.1 Å². The van der Waals surface area contributed by atoms with Crippen molar-refractivity contribution in [1.29, 1.82) is 0 Å². The maximum atomic E-state index is 11.3. The topological polar surface area (TPSA) is 51.2 Å². The molecule has 1 aromatic heterocycles. The molecule has 0 aliphatic heterocycles. The van der Waals surface area contributed by atoms with Gasteiger partial charge in [-0.3, -0.25) is 4.98 Å². The maximum absolute atomic E-state index is 11.3. The van der Waals surface area contributed by atoms with Gasteiger partial charge in [-0.1, -0.05) is 33.1 Å². The minimum Gasteiger partial charge on any atom is -0.465 e. The monoisotopic (exact) mass is 278 g/mol. The van der Waals surface area contributed by atoms with Crippen molar-refractivity contribution in [2.75, 3.05) is 7.11 Å². The molecule has 0 radical (unpaired) electrons. The van der Waals surface area contributed by atoms with Crippen molar-refractivity contribution < 1.29 is 9.53 Å². The second-order valence-electron chi connectivity index (χ2n) is 5.04. The number of aromatic nitrogens is 1. The van der Waals surface area contributed by atoms with Crippen molar-refractivity contribution in [1.82, 2.24) is 10.3 Å². The Labute approximate surface area is 121 Å². The Morgan fingerprint density at radius 3 is 2.65 bits per heavy atom.